The number of esters is 2. The van der Waals surface area contributed by atoms with E-state index in [2.05, 4.69) is 32.1 Å². The van der Waals surface area contributed by atoms with Gasteiger partial charge < -0.3 is 14.6 Å². The van der Waals surface area contributed by atoms with Gasteiger partial charge in [-0.25, -0.2) is 0 Å². The second-order valence-corrected chi connectivity index (χ2v) is 10.3. The third-order valence-corrected chi connectivity index (χ3v) is 9.09. The van der Waals surface area contributed by atoms with Gasteiger partial charge in [0.05, 0.1) is 13.2 Å². The van der Waals surface area contributed by atoms with E-state index >= 15 is 0 Å². The second kappa shape index (κ2) is 7.77. The average Bonchev–Trinajstić information content (AvgIpc) is 3.06. The van der Waals surface area contributed by atoms with Crippen LogP contribution in [0.25, 0.3) is 0 Å². The van der Waals surface area contributed by atoms with Crippen molar-refractivity contribution in [2.45, 2.75) is 78.4 Å². The summed E-state index contributed by atoms with van der Waals surface area (Å²) in [5, 5.41) is 11.4. The summed E-state index contributed by atoms with van der Waals surface area (Å²) in [6.45, 7) is 12.2. The maximum Gasteiger partial charge on any atom is 0.317 e. The number of aliphatic hydroxyl groups excluding tert-OH is 1. The van der Waals surface area contributed by atoms with Crippen LogP contribution in [0.1, 0.15) is 66.2 Å². The van der Waals surface area contributed by atoms with E-state index in [1.165, 1.54) is 7.11 Å². The van der Waals surface area contributed by atoms with Crippen molar-refractivity contribution < 1.29 is 29.0 Å². The number of methoxy groups -OCH3 is 1. The molecular formula is C24H36O6. The van der Waals surface area contributed by atoms with E-state index in [4.69, 9.17) is 4.74 Å². The molecule has 168 valence electrons. The smallest absolute Gasteiger partial charge is 0.317 e. The van der Waals surface area contributed by atoms with Crippen molar-refractivity contribution in [1.29, 1.82) is 0 Å². The number of carbonyl (C=O) groups excluding carboxylic acids is 3. The number of Topliss-reactive ketones (excluding diaryl/α,β-unsaturated/α-hetero) is 1. The fourth-order valence-corrected chi connectivity index (χ4v) is 6.89. The molecule has 2 bridgehead atoms. The van der Waals surface area contributed by atoms with E-state index in [1.807, 2.05) is 6.92 Å². The van der Waals surface area contributed by atoms with Crippen LogP contribution in [0.5, 0.6) is 0 Å². The Bertz CT molecular complexity index is 746. The standard InChI is InChI=1S/C24H36O6/c1-7-22(4)13-17(30-19(27)12-18(26)29-6)23(5)14(2)8-10-24(15(3)21(22)28)11-9-16(25)20(23)24/h7,14-15,17,20-21,28H,1,8-13H2,2-6H3/t14?,15-,17+,20?,21-,22+,23-,24-/m0/s1. The van der Waals surface area contributed by atoms with Gasteiger partial charge >= 0.3 is 11.9 Å². The lowest BCUT2D eigenvalue weighted by Gasteiger charge is -2.61. The van der Waals surface area contributed by atoms with Crippen LogP contribution in [0.3, 0.4) is 0 Å². The van der Waals surface area contributed by atoms with Crippen LogP contribution < -0.4 is 0 Å². The topological polar surface area (TPSA) is 89.9 Å². The highest BCUT2D eigenvalue weighted by atomic mass is 16.6. The van der Waals surface area contributed by atoms with Gasteiger partial charge in [0.25, 0.3) is 0 Å². The Kier molecular flexibility index (Phi) is 5.96. The lowest BCUT2D eigenvalue weighted by atomic mass is 9.44. The number of carbonyl (C=O) groups is 3. The highest BCUT2D eigenvalue weighted by Gasteiger charge is 2.68. The van der Waals surface area contributed by atoms with Gasteiger partial charge in [-0.1, -0.05) is 33.8 Å². The molecule has 8 atom stereocenters. The van der Waals surface area contributed by atoms with Crippen molar-refractivity contribution in [2.24, 2.45) is 34.0 Å². The van der Waals surface area contributed by atoms with Crippen LogP contribution in [0.2, 0.25) is 0 Å². The van der Waals surface area contributed by atoms with Gasteiger partial charge in [-0.3, -0.25) is 14.4 Å². The molecule has 6 nitrogen and oxygen atoms in total. The van der Waals surface area contributed by atoms with Crippen molar-refractivity contribution >= 4 is 17.7 Å². The summed E-state index contributed by atoms with van der Waals surface area (Å²) in [7, 11) is 1.23. The zero-order chi connectivity index (χ0) is 22.5. The Morgan fingerprint density at radius 1 is 1.23 bits per heavy atom. The molecule has 3 saturated carbocycles. The van der Waals surface area contributed by atoms with Gasteiger partial charge in [-0.15, -0.1) is 6.58 Å². The van der Waals surface area contributed by atoms with Crippen molar-refractivity contribution in [2.75, 3.05) is 7.11 Å². The predicted octanol–water partition coefficient (Wildman–Crippen LogP) is 3.46. The molecule has 0 aromatic carbocycles. The molecular weight excluding hydrogens is 384 g/mol. The summed E-state index contributed by atoms with van der Waals surface area (Å²) in [6, 6.07) is 0. The third-order valence-electron chi connectivity index (χ3n) is 9.09. The van der Waals surface area contributed by atoms with Crippen LogP contribution in [0.4, 0.5) is 0 Å². The molecule has 30 heavy (non-hydrogen) atoms. The Labute approximate surface area is 179 Å². The van der Waals surface area contributed by atoms with Gasteiger partial charge in [0.1, 0.15) is 18.3 Å². The highest BCUT2D eigenvalue weighted by molar-refractivity contribution is 5.91. The Hall–Kier alpha value is -1.69. The summed E-state index contributed by atoms with van der Waals surface area (Å²) in [4.78, 5) is 37.5. The number of ketones is 1. The summed E-state index contributed by atoms with van der Waals surface area (Å²) >= 11 is 0. The molecule has 0 aliphatic heterocycles. The zero-order valence-electron chi connectivity index (χ0n) is 18.9. The normalized spacial score (nSPS) is 45.7. The van der Waals surface area contributed by atoms with E-state index in [0.717, 1.165) is 19.3 Å². The van der Waals surface area contributed by atoms with Crippen LogP contribution in [0, 0.1) is 34.0 Å². The number of hydrogen-bond acceptors (Lipinski definition) is 6. The summed E-state index contributed by atoms with van der Waals surface area (Å²) in [6.07, 6.45) is 3.38. The van der Waals surface area contributed by atoms with Crippen LogP contribution in [-0.2, 0) is 23.9 Å². The largest absolute Gasteiger partial charge is 0.469 e. The van der Waals surface area contributed by atoms with Gasteiger partial charge in [0.15, 0.2) is 0 Å². The van der Waals surface area contributed by atoms with Crippen molar-refractivity contribution in [3.05, 3.63) is 12.7 Å². The molecule has 0 saturated heterocycles. The Morgan fingerprint density at radius 3 is 2.50 bits per heavy atom. The van der Waals surface area contributed by atoms with E-state index in [-0.39, 0.29) is 29.0 Å². The van der Waals surface area contributed by atoms with Crippen LogP contribution in [0.15, 0.2) is 12.7 Å². The highest BCUT2D eigenvalue weighted by Crippen LogP contribution is 2.67. The zero-order valence-corrected chi connectivity index (χ0v) is 18.9. The summed E-state index contributed by atoms with van der Waals surface area (Å²) in [5.41, 5.74) is -1.57. The first-order valence-corrected chi connectivity index (χ1v) is 11.1. The molecule has 0 radical (unpaired) electrons. The van der Waals surface area contributed by atoms with Gasteiger partial charge in [0, 0.05) is 23.2 Å². The summed E-state index contributed by atoms with van der Waals surface area (Å²) < 4.78 is 10.6. The van der Waals surface area contributed by atoms with Gasteiger partial charge in [-0.2, -0.15) is 0 Å². The minimum atomic E-state index is -0.705. The second-order valence-electron chi connectivity index (χ2n) is 10.3. The van der Waals surface area contributed by atoms with E-state index < -0.39 is 41.4 Å². The van der Waals surface area contributed by atoms with Gasteiger partial charge in [-0.05, 0) is 42.9 Å². The average molecular weight is 421 g/mol. The maximum absolute atomic E-state index is 13.3. The third kappa shape index (κ3) is 3.22. The van der Waals surface area contributed by atoms with Crippen molar-refractivity contribution in [3.8, 4) is 0 Å². The molecule has 0 spiro atoms. The molecule has 0 heterocycles. The number of hydrogen-bond donors (Lipinski definition) is 1. The van der Waals surface area contributed by atoms with Crippen LogP contribution >= 0.6 is 0 Å². The minimum Gasteiger partial charge on any atom is -0.469 e. The first-order chi connectivity index (χ1) is 14.0. The first kappa shape index (κ1) is 23.0. The number of rotatable bonds is 4. The molecule has 3 aliphatic rings. The molecule has 3 rings (SSSR count). The molecule has 2 unspecified atom stereocenters. The molecule has 0 amide bonds. The monoisotopic (exact) mass is 420 g/mol. The number of ether oxygens (including phenoxy) is 2. The van der Waals surface area contributed by atoms with E-state index in [1.54, 1.807) is 6.08 Å². The lowest BCUT2D eigenvalue weighted by molar-refractivity contribution is -0.207. The lowest BCUT2D eigenvalue weighted by Crippen LogP contribution is -2.63. The molecule has 6 heteroatoms. The maximum atomic E-state index is 13.3. The Morgan fingerprint density at radius 2 is 1.90 bits per heavy atom. The quantitative estimate of drug-likeness (QED) is 0.426. The van der Waals surface area contributed by atoms with Crippen molar-refractivity contribution in [3.63, 3.8) is 0 Å². The molecule has 0 aromatic heterocycles. The fourth-order valence-electron chi connectivity index (χ4n) is 6.89. The van der Waals surface area contributed by atoms with Crippen LogP contribution in [-0.4, -0.2) is 42.1 Å². The Balaban J connectivity index is 2.12. The molecule has 1 N–H and O–H groups in total. The molecule has 0 aromatic rings. The van der Waals surface area contributed by atoms with E-state index in [9.17, 15) is 19.5 Å². The SMILES string of the molecule is C=C[C@]1(C)C[C@@H](OC(=O)CC(=O)OC)[C@]2(C)C(C)CC[C@]3(CCC(=O)C32)[C@@H](C)[C@@H]1O. The molecule has 3 fully saturated rings. The fraction of sp³-hybridized carbons (Fsp3) is 0.792. The van der Waals surface area contributed by atoms with E-state index in [0.29, 0.717) is 12.8 Å². The summed E-state index contributed by atoms with van der Waals surface area (Å²) in [5.74, 6) is -1.29. The number of aliphatic hydroxyl groups is 1. The van der Waals surface area contributed by atoms with Crippen molar-refractivity contribution in [1.82, 2.24) is 0 Å². The predicted molar refractivity (Wildman–Crippen MR) is 111 cm³/mol. The first-order valence-electron chi connectivity index (χ1n) is 11.1. The minimum absolute atomic E-state index is 0.0736. The molecule has 3 aliphatic carbocycles. The van der Waals surface area contributed by atoms with Gasteiger partial charge in [0.2, 0.25) is 0 Å².